The molecule has 3 saturated heterocycles. The van der Waals surface area contributed by atoms with Crippen LogP contribution in [-0.2, 0) is 0 Å². The molecule has 3 N–H and O–H groups in total. The van der Waals surface area contributed by atoms with Gasteiger partial charge < -0.3 is 20.7 Å². The number of nitrogens with zero attached hydrogens (tertiary/aromatic N) is 5. The average Bonchev–Trinajstić information content (AvgIpc) is 3.67. The Labute approximate surface area is 251 Å². The third-order valence-electron chi connectivity index (χ3n) is 9.21. The normalized spacial score (nSPS) is 23.1. The van der Waals surface area contributed by atoms with Gasteiger partial charge in [-0.1, -0.05) is 17.7 Å². The van der Waals surface area contributed by atoms with Crippen LogP contribution in [0.3, 0.4) is 0 Å². The van der Waals surface area contributed by atoms with E-state index in [9.17, 15) is 9.65 Å². The number of hydrogen-bond donors (Lipinski definition) is 2. The molecule has 2 aromatic carbocycles. The van der Waals surface area contributed by atoms with Gasteiger partial charge in [-0.15, -0.1) is 11.3 Å². The van der Waals surface area contributed by atoms with Crippen molar-refractivity contribution in [2.45, 2.75) is 50.3 Å². The number of benzene rings is 2. The highest BCUT2D eigenvalue weighted by Gasteiger charge is 2.43. The van der Waals surface area contributed by atoms with E-state index in [0.717, 1.165) is 63.2 Å². The minimum absolute atomic E-state index is 0.0289. The quantitative estimate of drug-likeness (QED) is 0.297. The average molecular weight is 610 g/mol. The molecule has 0 saturated carbocycles. The molecule has 0 bridgehead atoms. The third kappa shape index (κ3) is 4.27. The number of halogens is 3. The predicted octanol–water partition coefficient (Wildman–Crippen LogP) is 5.70. The van der Waals surface area contributed by atoms with Gasteiger partial charge in [0.15, 0.2) is 5.82 Å². The number of thiophene rings is 1. The summed E-state index contributed by atoms with van der Waals surface area (Å²) in [4.78, 5) is 13.8. The molecule has 0 amide bonds. The van der Waals surface area contributed by atoms with Gasteiger partial charge in [-0.3, -0.25) is 4.90 Å². The lowest BCUT2D eigenvalue weighted by atomic mass is 9.87. The molecule has 0 radical (unpaired) electrons. The molecule has 7 rings (SSSR count). The fourth-order valence-corrected chi connectivity index (χ4v) is 8.11. The Morgan fingerprint density at radius 1 is 1.29 bits per heavy atom. The van der Waals surface area contributed by atoms with Gasteiger partial charge in [-0.05, 0) is 70.4 Å². The van der Waals surface area contributed by atoms with Crippen molar-refractivity contribution < 1.29 is 13.5 Å². The number of nitrogen functional groups attached to an aromatic ring is 1. The third-order valence-corrected chi connectivity index (χ3v) is 10.5. The number of fused-ring (bicyclic) bond motifs is 2. The molecule has 5 heterocycles. The lowest BCUT2D eigenvalue weighted by Crippen LogP contribution is -2.58. The summed E-state index contributed by atoms with van der Waals surface area (Å²) in [5, 5.41) is 14.3. The van der Waals surface area contributed by atoms with E-state index < -0.39 is 11.6 Å². The van der Waals surface area contributed by atoms with E-state index in [2.05, 4.69) is 27.1 Å². The minimum Gasteiger partial charge on any atom is -0.459 e. The van der Waals surface area contributed by atoms with Crippen molar-refractivity contribution in [2.24, 2.45) is 0 Å². The van der Waals surface area contributed by atoms with Crippen molar-refractivity contribution in [3.63, 3.8) is 0 Å². The number of likely N-dealkylation sites (tertiary alicyclic amines) is 1. The maximum Gasteiger partial charge on any atom is 0.319 e. The fraction of sp³-hybridized carbons (Fsp3) is 0.433. The molecule has 2 unspecified atom stereocenters. The van der Waals surface area contributed by atoms with Crippen molar-refractivity contribution in [1.82, 2.24) is 20.2 Å². The highest BCUT2D eigenvalue weighted by molar-refractivity contribution is 7.23. The Morgan fingerprint density at radius 2 is 2.10 bits per heavy atom. The van der Waals surface area contributed by atoms with Gasteiger partial charge in [0.2, 0.25) is 0 Å². The zero-order valence-electron chi connectivity index (χ0n) is 23.3. The van der Waals surface area contributed by atoms with Crippen molar-refractivity contribution in [1.29, 1.82) is 5.26 Å². The smallest absolute Gasteiger partial charge is 0.319 e. The number of nitrogens with one attached hydrogen (secondary N) is 1. The maximum absolute atomic E-state index is 16.8. The molecular weight excluding hydrogens is 580 g/mol. The number of rotatable bonds is 5. The van der Waals surface area contributed by atoms with Crippen LogP contribution in [-0.4, -0.2) is 65.8 Å². The van der Waals surface area contributed by atoms with Crippen molar-refractivity contribution in [2.75, 3.05) is 43.9 Å². The van der Waals surface area contributed by atoms with E-state index in [1.165, 1.54) is 12.1 Å². The van der Waals surface area contributed by atoms with Gasteiger partial charge in [-0.2, -0.15) is 15.2 Å². The number of likely N-dealkylation sites (N-methyl/N-ethyl adjacent to an activating group) is 1. The fourth-order valence-electron chi connectivity index (χ4n) is 6.86. The number of ether oxygens (including phenoxy) is 1. The Bertz CT molecular complexity index is 1790. The number of anilines is 2. The molecule has 42 heavy (non-hydrogen) atoms. The molecule has 3 aliphatic rings. The Morgan fingerprint density at radius 3 is 2.76 bits per heavy atom. The van der Waals surface area contributed by atoms with Crippen molar-refractivity contribution >= 4 is 54.7 Å². The first-order valence-corrected chi connectivity index (χ1v) is 15.4. The zero-order valence-corrected chi connectivity index (χ0v) is 24.9. The molecule has 218 valence electrons. The summed E-state index contributed by atoms with van der Waals surface area (Å²) in [6.45, 7) is 5.45. The molecular formula is C30H30ClF2N7OS. The van der Waals surface area contributed by atoms with Gasteiger partial charge >= 0.3 is 6.01 Å². The molecule has 12 heteroatoms. The van der Waals surface area contributed by atoms with Crippen LogP contribution in [0.2, 0.25) is 5.02 Å². The lowest BCUT2D eigenvalue weighted by Gasteiger charge is -2.39. The summed E-state index contributed by atoms with van der Waals surface area (Å²) in [6, 6.07) is 6.69. The molecule has 2 aromatic heterocycles. The van der Waals surface area contributed by atoms with Gasteiger partial charge in [0.1, 0.15) is 34.3 Å². The topological polar surface area (TPSA) is 103 Å². The van der Waals surface area contributed by atoms with E-state index in [0.29, 0.717) is 11.2 Å². The number of nitriles is 1. The molecule has 0 aliphatic carbocycles. The number of hydrogen-bond acceptors (Lipinski definition) is 9. The van der Waals surface area contributed by atoms with E-state index in [4.69, 9.17) is 27.1 Å². The van der Waals surface area contributed by atoms with Crippen LogP contribution < -0.4 is 20.7 Å². The van der Waals surface area contributed by atoms with Crippen LogP contribution in [0, 0.1) is 23.0 Å². The van der Waals surface area contributed by atoms with Gasteiger partial charge in [-0.25, -0.2) is 8.78 Å². The first-order valence-electron chi connectivity index (χ1n) is 14.2. The molecule has 8 nitrogen and oxygen atoms in total. The number of aromatic nitrogens is 2. The molecule has 3 atom stereocenters. The lowest BCUT2D eigenvalue weighted by molar-refractivity contribution is 0.112. The van der Waals surface area contributed by atoms with Crippen LogP contribution in [0.1, 0.15) is 38.2 Å². The van der Waals surface area contributed by atoms with E-state index in [1.54, 1.807) is 6.07 Å². The van der Waals surface area contributed by atoms with E-state index in [-0.39, 0.29) is 66.0 Å². The summed E-state index contributed by atoms with van der Waals surface area (Å²) in [7, 11) is 2.07. The van der Waals surface area contributed by atoms with Crippen LogP contribution in [0.5, 0.6) is 6.01 Å². The second-order valence-electron chi connectivity index (χ2n) is 11.7. The van der Waals surface area contributed by atoms with Crippen LogP contribution in [0.25, 0.3) is 32.1 Å². The summed E-state index contributed by atoms with van der Waals surface area (Å²) in [5.41, 5.74) is 6.55. The Kier molecular flexibility index (Phi) is 6.66. The number of nitrogens with two attached hydrogens (primary N) is 1. The summed E-state index contributed by atoms with van der Waals surface area (Å²) in [6.07, 6.45) is 3.90. The van der Waals surface area contributed by atoms with E-state index in [1.807, 2.05) is 13.0 Å². The monoisotopic (exact) mass is 609 g/mol. The molecule has 4 aromatic rings. The van der Waals surface area contributed by atoms with Crippen LogP contribution >= 0.6 is 22.9 Å². The summed E-state index contributed by atoms with van der Waals surface area (Å²) < 4.78 is 38.1. The van der Waals surface area contributed by atoms with Gasteiger partial charge in [0.05, 0.1) is 15.3 Å². The maximum atomic E-state index is 16.8. The zero-order chi connectivity index (χ0) is 29.3. The highest BCUT2D eigenvalue weighted by Crippen LogP contribution is 2.46. The predicted molar refractivity (Wildman–Crippen MR) is 162 cm³/mol. The first-order chi connectivity index (χ1) is 20.2. The second-order valence-corrected chi connectivity index (χ2v) is 13.1. The highest BCUT2D eigenvalue weighted by atomic mass is 35.5. The van der Waals surface area contributed by atoms with Crippen LogP contribution in [0.15, 0.2) is 18.2 Å². The minimum atomic E-state index is -0.686. The van der Waals surface area contributed by atoms with Crippen molar-refractivity contribution in [3.05, 3.63) is 40.4 Å². The van der Waals surface area contributed by atoms with Gasteiger partial charge in [0.25, 0.3) is 0 Å². The van der Waals surface area contributed by atoms with Crippen molar-refractivity contribution in [3.8, 4) is 23.2 Å². The molecule has 1 spiro atoms. The second kappa shape index (κ2) is 10.2. The summed E-state index contributed by atoms with van der Waals surface area (Å²) >= 11 is 7.77. The SMILES string of the molecule is C[C@H](Oc1nc(N2CCC3(CCN3)C2)c2cc(Cl)c(-c3ccc(F)c4sc(N)c(C#N)c34)c(F)c2n1)C1CCCN1C. The Balaban J connectivity index is 1.41. The summed E-state index contributed by atoms with van der Waals surface area (Å²) in [5.74, 6) is -0.654. The van der Waals surface area contributed by atoms with E-state index >= 15 is 4.39 Å². The largest absolute Gasteiger partial charge is 0.459 e. The standard InChI is InChI=1S/C30H30ClF2N7OS/c1-15(21-4-3-10-39(21)2)41-29-37-25-17(28(38-29)40-11-8-30(14-40)7-9-36-30)12-19(31)23(24(25)33)16-5-6-20(32)26-22(16)18(13-34)27(35)42-26/h5-6,12,15,21,36H,3-4,7-11,14,35H2,1-2H3/t15-,21?,30?/m0/s1. The van der Waals surface area contributed by atoms with Crippen LogP contribution in [0.4, 0.5) is 19.6 Å². The Hall–Kier alpha value is -3.30. The molecule has 3 fully saturated rings. The first kappa shape index (κ1) is 27.5. The molecule has 3 aliphatic heterocycles. The van der Waals surface area contributed by atoms with Gasteiger partial charge in [0, 0.05) is 41.0 Å².